The number of aliphatic hydroxyl groups is 1. The molecule has 0 aromatic rings. The van der Waals surface area contributed by atoms with E-state index in [0.29, 0.717) is 0 Å². The van der Waals surface area contributed by atoms with Gasteiger partial charge in [0.25, 0.3) is 0 Å². The van der Waals surface area contributed by atoms with Crippen LogP contribution in [0.2, 0.25) is 0 Å². The topological polar surface area (TPSA) is 105 Å². The van der Waals surface area contributed by atoms with E-state index in [0.717, 1.165) is 20.0 Å². The maximum Gasteiger partial charge on any atom is 0.421 e. The molecule has 1 saturated carbocycles. The first kappa shape index (κ1) is 12.2. The second-order valence-corrected chi connectivity index (χ2v) is 4.85. The maximum absolute atomic E-state index is 11.1. The Morgan fingerprint density at radius 3 is 2.67 bits per heavy atom. The van der Waals surface area contributed by atoms with Crippen LogP contribution in [0.25, 0.3) is 0 Å². The van der Waals surface area contributed by atoms with Crippen molar-refractivity contribution < 1.29 is 23.1 Å². The van der Waals surface area contributed by atoms with Crippen molar-refractivity contribution >= 4 is 16.3 Å². The number of hydrogen-bond acceptors (Lipinski definition) is 5. The largest absolute Gasteiger partial charge is 0.452 e. The van der Waals surface area contributed by atoms with Crippen molar-refractivity contribution in [1.82, 2.24) is 9.44 Å². The van der Waals surface area contributed by atoms with Crippen molar-refractivity contribution in [1.29, 1.82) is 0 Å². The number of carbonyl (C=O) groups excluding carboxylic acids is 1. The van der Waals surface area contributed by atoms with Crippen molar-refractivity contribution in [2.75, 3.05) is 13.7 Å². The first-order valence-corrected chi connectivity index (χ1v) is 5.96. The minimum Gasteiger partial charge on any atom is -0.452 e. The smallest absolute Gasteiger partial charge is 0.421 e. The van der Waals surface area contributed by atoms with Crippen LogP contribution >= 0.6 is 0 Å². The molecular formula is C7H14N2O5S. The van der Waals surface area contributed by atoms with Crippen LogP contribution in [0.1, 0.15) is 12.8 Å². The molecule has 3 N–H and O–H groups in total. The summed E-state index contributed by atoms with van der Waals surface area (Å²) in [5.74, 6) is 0.172. The summed E-state index contributed by atoms with van der Waals surface area (Å²) in [6.07, 6.45) is 0.0586. The molecule has 1 atom stereocenters. The van der Waals surface area contributed by atoms with E-state index in [1.807, 2.05) is 0 Å². The highest BCUT2D eigenvalue weighted by atomic mass is 32.2. The van der Waals surface area contributed by atoms with E-state index >= 15 is 0 Å². The van der Waals surface area contributed by atoms with Gasteiger partial charge in [-0.3, -0.25) is 0 Å². The Labute approximate surface area is 88.0 Å². The number of ether oxygens (including phenoxy) is 1. The minimum atomic E-state index is -3.93. The zero-order valence-electron chi connectivity index (χ0n) is 8.26. The third kappa shape index (κ3) is 4.45. The Morgan fingerprint density at radius 1 is 1.60 bits per heavy atom. The molecule has 1 aliphatic carbocycles. The standard InChI is InChI=1S/C7H14N2O5S/c1-14-7(11)9-15(12,13)8-4-6(10)5-2-3-5/h5-6,8,10H,2-4H2,1H3,(H,9,11). The number of hydrogen-bond donors (Lipinski definition) is 3. The molecule has 1 aliphatic rings. The van der Waals surface area contributed by atoms with E-state index in [4.69, 9.17) is 0 Å². The normalized spacial score (nSPS) is 18.3. The molecule has 0 heterocycles. The highest BCUT2D eigenvalue weighted by Crippen LogP contribution is 2.32. The minimum absolute atomic E-state index is 0.100. The number of aliphatic hydroxyl groups excluding tert-OH is 1. The first-order chi connectivity index (χ1) is 6.94. The molecule has 0 bridgehead atoms. The van der Waals surface area contributed by atoms with Crippen molar-refractivity contribution in [3.8, 4) is 0 Å². The van der Waals surface area contributed by atoms with Crippen molar-refractivity contribution in [2.45, 2.75) is 18.9 Å². The van der Waals surface area contributed by atoms with Crippen LogP contribution in [0.15, 0.2) is 0 Å². The van der Waals surface area contributed by atoms with Crippen molar-refractivity contribution in [3.63, 3.8) is 0 Å². The summed E-state index contributed by atoms with van der Waals surface area (Å²) in [6.45, 7) is -0.100. The highest BCUT2D eigenvalue weighted by Gasteiger charge is 2.30. The van der Waals surface area contributed by atoms with Crippen LogP contribution in [0, 0.1) is 5.92 Å². The van der Waals surface area contributed by atoms with Gasteiger partial charge in [0, 0.05) is 6.54 Å². The fourth-order valence-electron chi connectivity index (χ4n) is 1.03. The second kappa shape index (κ2) is 4.77. The van der Waals surface area contributed by atoms with Crippen LogP contribution in [0.5, 0.6) is 0 Å². The molecule has 15 heavy (non-hydrogen) atoms. The van der Waals surface area contributed by atoms with Gasteiger partial charge in [-0.2, -0.15) is 13.1 Å². The fourth-order valence-corrected chi connectivity index (χ4v) is 1.80. The number of nitrogens with one attached hydrogen (secondary N) is 2. The van der Waals surface area contributed by atoms with Gasteiger partial charge in [-0.05, 0) is 18.8 Å². The summed E-state index contributed by atoms with van der Waals surface area (Å²) >= 11 is 0. The van der Waals surface area contributed by atoms with Gasteiger partial charge in [0.05, 0.1) is 13.2 Å². The Hall–Kier alpha value is -0.860. The Balaban J connectivity index is 2.31. The Bertz CT molecular complexity index is 324. The van der Waals surface area contributed by atoms with Gasteiger partial charge in [-0.25, -0.2) is 9.52 Å². The van der Waals surface area contributed by atoms with Crippen LogP contribution in [0.3, 0.4) is 0 Å². The second-order valence-electron chi connectivity index (χ2n) is 3.35. The third-order valence-corrected chi connectivity index (χ3v) is 3.03. The summed E-state index contributed by atoms with van der Waals surface area (Å²) in [7, 11) is -2.87. The lowest BCUT2D eigenvalue weighted by Crippen LogP contribution is -2.43. The molecule has 0 aliphatic heterocycles. The Morgan fingerprint density at radius 2 is 2.20 bits per heavy atom. The molecule has 7 nitrogen and oxygen atoms in total. The van der Waals surface area contributed by atoms with Crippen LogP contribution in [0.4, 0.5) is 4.79 Å². The fraction of sp³-hybridized carbons (Fsp3) is 0.857. The molecule has 1 unspecified atom stereocenters. The van der Waals surface area contributed by atoms with E-state index in [1.54, 1.807) is 4.72 Å². The monoisotopic (exact) mass is 238 g/mol. The number of amides is 1. The quantitative estimate of drug-likeness (QED) is 0.566. The van der Waals surface area contributed by atoms with E-state index in [-0.39, 0.29) is 12.5 Å². The SMILES string of the molecule is COC(=O)NS(=O)(=O)NCC(O)C1CC1. The molecular weight excluding hydrogens is 224 g/mol. The van der Waals surface area contributed by atoms with Gasteiger partial charge in [-0.1, -0.05) is 0 Å². The lowest BCUT2D eigenvalue weighted by atomic mass is 10.2. The molecule has 0 saturated heterocycles. The molecule has 1 fully saturated rings. The number of methoxy groups -OCH3 is 1. The molecule has 0 spiro atoms. The maximum atomic E-state index is 11.1. The van der Waals surface area contributed by atoms with Crippen LogP contribution in [-0.2, 0) is 14.9 Å². The molecule has 0 aromatic carbocycles. The predicted molar refractivity (Wildman–Crippen MR) is 51.2 cm³/mol. The van der Waals surface area contributed by atoms with Gasteiger partial charge in [0.1, 0.15) is 0 Å². The molecule has 1 rings (SSSR count). The van der Waals surface area contributed by atoms with Crippen molar-refractivity contribution in [3.05, 3.63) is 0 Å². The molecule has 0 aromatic heterocycles. The highest BCUT2D eigenvalue weighted by molar-refractivity contribution is 7.88. The Kier molecular flexibility index (Phi) is 3.89. The summed E-state index contributed by atoms with van der Waals surface area (Å²) in [6, 6.07) is 0. The molecule has 8 heteroatoms. The lowest BCUT2D eigenvalue weighted by molar-refractivity contribution is 0.154. The zero-order valence-corrected chi connectivity index (χ0v) is 9.08. The zero-order chi connectivity index (χ0) is 11.5. The summed E-state index contributed by atoms with van der Waals surface area (Å²) in [4.78, 5) is 10.6. The summed E-state index contributed by atoms with van der Waals surface area (Å²) in [5, 5.41) is 9.37. The average molecular weight is 238 g/mol. The first-order valence-electron chi connectivity index (χ1n) is 4.48. The number of rotatable bonds is 5. The molecule has 0 radical (unpaired) electrons. The van der Waals surface area contributed by atoms with Gasteiger partial charge in [0.2, 0.25) is 0 Å². The van der Waals surface area contributed by atoms with E-state index in [9.17, 15) is 18.3 Å². The lowest BCUT2D eigenvalue weighted by Gasteiger charge is -2.11. The summed E-state index contributed by atoms with van der Waals surface area (Å²) in [5.41, 5.74) is 0. The molecule has 1 amide bonds. The van der Waals surface area contributed by atoms with E-state index < -0.39 is 22.4 Å². The molecule has 88 valence electrons. The van der Waals surface area contributed by atoms with Gasteiger partial charge in [-0.15, -0.1) is 0 Å². The van der Waals surface area contributed by atoms with Crippen molar-refractivity contribution in [2.24, 2.45) is 5.92 Å². The predicted octanol–water partition coefficient (Wildman–Crippen LogP) is -1.05. The number of carbonyl (C=O) groups is 1. The van der Waals surface area contributed by atoms with E-state index in [2.05, 4.69) is 9.46 Å². The van der Waals surface area contributed by atoms with Crippen LogP contribution < -0.4 is 9.44 Å². The third-order valence-electron chi connectivity index (χ3n) is 2.05. The average Bonchev–Trinajstić information content (AvgIpc) is 2.96. The van der Waals surface area contributed by atoms with Gasteiger partial charge < -0.3 is 9.84 Å². The van der Waals surface area contributed by atoms with Gasteiger partial charge >= 0.3 is 16.3 Å². The van der Waals surface area contributed by atoms with Crippen LogP contribution in [-0.4, -0.2) is 39.4 Å². The van der Waals surface area contributed by atoms with Gasteiger partial charge in [0.15, 0.2) is 0 Å². The summed E-state index contributed by atoms with van der Waals surface area (Å²) < 4.78 is 30.0. The van der Waals surface area contributed by atoms with E-state index in [1.165, 1.54) is 0 Å².